The number of ether oxygens (including phenoxy) is 3. The topological polar surface area (TPSA) is 155 Å². The van der Waals surface area contributed by atoms with E-state index in [2.05, 4.69) is 93.7 Å². The molecule has 12 heteroatoms. The van der Waals surface area contributed by atoms with E-state index in [1.54, 1.807) is 0 Å². The summed E-state index contributed by atoms with van der Waals surface area (Å²) in [6.07, 6.45) is 62.8. The molecule has 0 saturated heterocycles. The van der Waals surface area contributed by atoms with Crippen molar-refractivity contribution in [2.24, 2.45) is 0 Å². The minimum atomic E-state index is -4.75. The molecule has 0 aromatic heterocycles. The molecule has 0 rings (SSSR count). The number of esters is 3. The highest BCUT2D eigenvalue weighted by molar-refractivity contribution is 7.47. The smallest absolute Gasteiger partial charge is 0.462 e. The van der Waals surface area contributed by atoms with Gasteiger partial charge in [0.1, 0.15) is 12.7 Å². The van der Waals surface area contributed by atoms with Crippen LogP contribution in [0.25, 0.3) is 0 Å². The van der Waals surface area contributed by atoms with Crippen molar-refractivity contribution in [2.45, 2.75) is 277 Å². The van der Waals surface area contributed by atoms with Crippen molar-refractivity contribution in [2.75, 3.05) is 26.4 Å². The maximum absolute atomic E-state index is 12.9. The predicted octanol–water partition coefficient (Wildman–Crippen LogP) is 17.7. The van der Waals surface area contributed by atoms with Crippen LogP contribution in [0.3, 0.4) is 0 Å². The number of carbonyl (C=O) groups is 3. The number of carbonyl (C=O) groups excluding carboxylic acids is 3. The highest BCUT2D eigenvalue weighted by Crippen LogP contribution is 2.43. The molecule has 2 N–H and O–H groups in total. The Hall–Kier alpha value is -3.08. The van der Waals surface area contributed by atoms with Crippen LogP contribution in [0.2, 0.25) is 0 Å². The first-order valence-electron chi connectivity index (χ1n) is 29.8. The summed E-state index contributed by atoms with van der Waals surface area (Å²) in [5, 5.41) is 9.82. The molecule has 0 aliphatic carbocycles. The minimum Gasteiger partial charge on any atom is -0.462 e. The molecule has 11 nitrogen and oxygen atoms in total. The van der Waals surface area contributed by atoms with Crippen molar-refractivity contribution in [3.63, 3.8) is 0 Å². The summed E-state index contributed by atoms with van der Waals surface area (Å²) in [6, 6.07) is 0. The fourth-order valence-corrected chi connectivity index (χ4v) is 8.87. The van der Waals surface area contributed by atoms with Crippen LogP contribution < -0.4 is 0 Å². The number of aliphatic hydroxyl groups excluding tert-OH is 1. The van der Waals surface area contributed by atoms with E-state index in [0.29, 0.717) is 19.3 Å². The maximum Gasteiger partial charge on any atom is 0.472 e. The van der Waals surface area contributed by atoms with Gasteiger partial charge in [0.05, 0.1) is 19.8 Å². The molecule has 0 aromatic carbocycles. The summed E-state index contributed by atoms with van der Waals surface area (Å²) in [6.45, 7) is 4.49. The number of rotatable bonds is 55. The average molecular weight is 1060 g/mol. The lowest BCUT2D eigenvalue weighted by atomic mass is 10.1. The zero-order valence-corrected chi connectivity index (χ0v) is 48.2. The Labute approximate surface area is 452 Å². The zero-order valence-electron chi connectivity index (χ0n) is 47.3. The van der Waals surface area contributed by atoms with Gasteiger partial charge in [-0.05, 0) is 89.9 Å². The number of phosphoric acid groups is 1. The third kappa shape index (κ3) is 53.7. The van der Waals surface area contributed by atoms with Gasteiger partial charge in [0.2, 0.25) is 0 Å². The monoisotopic (exact) mass is 1060 g/mol. The lowest BCUT2D eigenvalue weighted by molar-refractivity contribution is -0.161. The van der Waals surface area contributed by atoms with E-state index in [1.165, 1.54) is 83.5 Å². The van der Waals surface area contributed by atoms with E-state index < -0.39 is 57.8 Å². The van der Waals surface area contributed by atoms with Crippen molar-refractivity contribution >= 4 is 25.7 Å². The number of phosphoric ester groups is 1. The Bertz CT molecular complexity index is 1520. The Morgan fingerprint density at radius 1 is 0.392 bits per heavy atom. The SMILES string of the molecule is CC/C=C\C/C=C\C/C=C\CCCCCCCCCC(=O)OC(CO)COP(=O)(O)OCC(COC(=O)CCCCCCCCCCCCC)OC(=O)CCCCCCCC/C=C\C/C=C\C/C=C\CCCCC. The van der Waals surface area contributed by atoms with Crippen molar-refractivity contribution in [3.8, 4) is 0 Å². The van der Waals surface area contributed by atoms with Gasteiger partial charge < -0.3 is 24.2 Å². The Kier molecular flexibility index (Phi) is 53.8. The van der Waals surface area contributed by atoms with Crippen LogP contribution in [0.5, 0.6) is 0 Å². The predicted molar refractivity (Wildman–Crippen MR) is 307 cm³/mol. The summed E-state index contributed by atoms with van der Waals surface area (Å²) in [4.78, 5) is 48.6. The van der Waals surface area contributed by atoms with E-state index in [4.69, 9.17) is 23.3 Å². The largest absolute Gasteiger partial charge is 0.472 e. The highest BCUT2D eigenvalue weighted by atomic mass is 31.2. The quantitative estimate of drug-likeness (QED) is 0.0197. The first kappa shape index (κ1) is 70.9. The van der Waals surface area contributed by atoms with Gasteiger partial charge in [-0.2, -0.15) is 0 Å². The van der Waals surface area contributed by atoms with Gasteiger partial charge in [-0.15, -0.1) is 0 Å². The standard InChI is InChI=1S/C62H109O11P/c1-4-7-10-13-16-19-22-24-26-28-29-31-33-35-38-41-44-47-50-53-62(66)73-59(55-69-60(64)51-48-45-42-39-36-21-18-15-12-9-6-3)57-71-74(67,68)70-56-58(54-63)72-61(65)52-49-46-43-40-37-34-32-30-27-25-23-20-17-14-11-8-5-2/h8,11,16-17,19-20,24-27,29,31,58-59,63H,4-7,9-10,12-15,18,21-23,28,30,32-57H2,1-3H3,(H,67,68)/b11-8-,19-16-,20-17-,26-24-,27-25-,31-29-. The average Bonchev–Trinajstić information content (AvgIpc) is 3.39. The van der Waals surface area contributed by atoms with Gasteiger partial charge in [-0.1, -0.05) is 229 Å². The van der Waals surface area contributed by atoms with E-state index in [9.17, 15) is 28.9 Å². The normalized spacial score (nSPS) is 13.9. The van der Waals surface area contributed by atoms with Gasteiger partial charge in [-0.3, -0.25) is 23.4 Å². The maximum atomic E-state index is 12.9. The number of allylic oxidation sites excluding steroid dienone is 12. The lowest BCUT2D eigenvalue weighted by Gasteiger charge is -2.21. The number of aliphatic hydroxyl groups is 1. The molecule has 3 unspecified atom stereocenters. The summed E-state index contributed by atoms with van der Waals surface area (Å²) in [5.41, 5.74) is 0. The van der Waals surface area contributed by atoms with Crippen LogP contribution >= 0.6 is 7.82 Å². The molecule has 3 atom stereocenters. The summed E-state index contributed by atoms with van der Waals surface area (Å²) < 4.78 is 39.5. The molecular weight excluding hydrogens is 952 g/mol. The second kappa shape index (κ2) is 56.1. The fraction of sp³-hybridized carbons (Fsp3) is 0.758. The Balaban J connectivity index is 4.68. The third-order valence-corrected chi connectivity index (χ3v) is 13.6. The Morgan fingerprint density at radius 3 is 1.11 bits per heavy atom. The molecule has 0 fully saturated rings. The van der Waals surface area contributed by atoms with Crippen molar-refractivity contribution in [3.05, 3.63) is 72.9 Å². The molecule has 428 valence electrons. The molecule has 0 aromatic rings. The van der Waals surface area contributed by atoms with Crippen LogP contribution in [0, 0.1) is 0 Å². The molecular formula is C62H109O11P. The van der Waals surface area contributed by atoms with Crippen molar-refractivity contribution in [1.29, 1.82) is 0 Å². The molecule has 0 aliphatic heterocycles. The molecule has 0 aliphatic rings. The second-order valence-corrected chi connectivity index (χ2v) is 21.2. The molecule has 74 heavy (non-hydrogen) atoms. The molecule has 0 amide bonds. The van der Waals surface area contributed by atoms with Crippen molar-refractivity contribution in [1.82, 2.24) is 0 Å². The molecule has 0 saturated carbocycles. The number of unbranched alkanes of at least 4 members (excludes halogenated alkanes) is 26. The van der Waals surface area contributed by atoms with Gasteiger partial charge in [0.25, 0.3) is 0 Å². The van der Waals surface area contributed by atoms with Crippen LogP contribution in [0.4, 0.5) is 0 Å². The number of hydrogen-bond donors (Lipinski definition) is 2. The van der Waals surface area contributed by atoms with E-state index in [0.717, 1.165) is 122 Å². The molecule has 0 bridgehead atoms. The van der Waals surface area contributed by atoms with Gasteiger partial charge in [0.15, 0.2) is 6.10 Å². The van der Waals surface area contributed by atoms with Crippen LogP contribution in [-0.2, 0) is 42.2 Å². The van der Waals surface area contributed by atoms with Gasteiger partial charge >= 0.3 is 25.7 Å². The molecule has 0 heterocycles. The lowest BCUT2D eigenvalue weighted by Crippen LogP contribution is -2.30. The zero-order chi connectivity index (χ0) is 54.1. The van der Waals surface area contributed by atoms with Crippen LogP contribution in [0.15, 0.2) is 72.9 Å². The Morgan fingerprint density at radius 2 is 0.703 bits per heavy atom. The fourth-order valence-electron chi connectivity index (χ4n) is 8.08. The minimum absolute atomic E-state index is 0.152. The highest BCUT2D eigenvalue weighted by Gasteiger charge is 2.28. The van der Waals surface area contributed by atoms with Crippen LogP contribution in [-0.4, -0.2) is 66.5 Å². The number of hydrogen-bond acceptors (Lipinski definition) is 10. The summed E-state index contributed by atoms with van der Waals surface area (Å²) in [5.74, 6) is -1.48. The summed E-state index contributed by atoms with van der Waals surface area (Å²) >= 11 is 0. The third-order valence-electron chi connectivity index (χ3n) is 12.6. The summed E-state index contributed by atoms with van der Waals surface area (Å²) in [7, 11) is -4.75. The van der Waals surface area contributed by atoms with Gasteiger partial charge in [-0.25, -0.2) is 4.57 Å². The first-order valence-corrected chi connectivity index (χ1v) is 31.3. The molecule has 0 radical (unpaired) electrons. The van der Waals surface area contributed by atoms with Crippen LogP contribution in [0.1, 0.15) is 265 Å². The van der Waals surface area contributed by atoms with E-state index in [1.807, 2.05) is 0 Å². The molecule has 0 spiro atoms. The van der Waals surface area contributed by atoms with Gasteiger partial charge in [0, 0.05) is 19.3 Å². The first-order chi connectivity index (χ1) is 36.2. The van der Waals surface area contributed by atoms with Crippen molar-refractivity contribution < 1.29 is 52.2 Å². The second-order valence-electron chi connectivity index (χ2n) is 19.8. The van der Waals surface area contributed by atoms with E-state index >= 15 is 0 Å². The van der Waals surface area contributed by atoms with E-state index in [-0.39, 0.29) is 25.9 Å².